The molecule has 2 N–H and O–H groups in total. The third kappa shape index (κ3) is 3.09. The fourth-order valence-electron chi connectivity index (χ4n) is 1.98. The third-order valence-corrected chi connectivity index (χ3v) is 3.38. The molecule has 5 heteroatoms. The van der Waals surface area contributed by atoms with Crippen LogP contribution < -0.4 is 10.6 Å². The van der Waals surface area contributed by atoms with Gasteiger partial charge in [0, 0.05) is 45.3 Å². The molecule has 0 bridgehead atoms. The maximum absolute atomic E-state index is 11.7. The Morgan fingerprint density at radius 1 is 1.56 bits per heavy atom. The highest BCUT2D eigenvalue weighted by Gasteiger charge is 2.26. The van der Waals surface area contributed by atoms with Crippen LogP contribution in [0.1, 0.15) is 12.8 Å². The van der Waals surface area contributed by atoms with Crippen LogP contribution >= 0.6 is 0 Å². The summed E-state index contributed by atoms with van der Waals surface area (Å²) < 4.78 is 0. The summed E-state index contributed by atoms with van der Waals surface area (Å²) in [5.74, 6) is 0. The van der Waals surface area contributed by atoms with Gasteiger partial charge in [0.2, 0.25) is 0 Å². The summed E-state index contributed by atoms with van der Waals surface area (Å²) in [5, 5.41) is 6.37. The lowest BCUT2D eigenvalue weighted by Gasteiger charge is -2.35. The summed E-state index contributed by atoms with van der Waals surface area (Å²) in [4.78, 5) is 15.9. The molecule has 92 valence electrons. The molecule has 1 heterocycles. The molecule has 1 saturated carbocycles. The zero-order valence-electron chi connectivity index (χ0n) is 10.2. The summed E-state index contributed by atoms with van der Waals surface area (Å²) in [6.07, 6.45) is 2.29. The van der Waals surface area contributed by atoms with Gasteiger partial charge >= 0.3 is 6.03 Å². The van der Waals surface area contributed by atoms with Crippen LogP contribution in [-0.2, 0) is 0 Å². The average molecular weight is 226 g/mol. The Morgan fingerprint density at radius 3 is 2.94 bits per heavy atom. The first-order chi connectivity index (χ1) is 7.66. The van der Waals surface area contributed by atoms with Crippen LogP contribution in [0.25, 0.3) is 0 Å². The van der Waals surface area contributed by atoms with Crippen molar-refractivity contribution in [1.29, 1.82) is 0 Å². The second-order valence-corrected chi connectivity index (χ2v) is 4.94. The number of likely N-dealkylation sites (N-methyl/N-ethyl adjacent to an activating group) is 2. The number of piperazine rings is 1. The molecule has 1 atom stereocenters. The quantitative estimate of drug-likeness (QED) is 0.694. The van der Waals surface area contributed by atoms with E-state index in [9.17, 15) is 4.79 Å². The van der Waals surface area contributed by atoms with Gasteiger partial charge in [-0.25, -0.2) is 4.79 Å². The van der Waals surface area contributed by atoms with Gasteiger partial charge in [0.15, 0.2) is 0 Å². The highest BCUT2D eigenvalue weighted by atomic mass is 16.2. The van der Waals surface area contributed by atoms with Gasteiger partial charge < -0.3 is 15.5 Å². The van der Waals surface area contributed by atoms with Crippen LogP contribution in [0.4, 0.5) is 4.79 Å². The molecule has 16 heavy (non-hydrogen) atoms. The van der Waals surface area contributed by atoms with Crippen molar-refractivity contribution in [3.8, 4) is 0 Å². The molecule has 0 aromatic carbocycles. The maximum Gasteiger partial charge on any atom is 0.317 e. The van der Waals surface area contributed by atoms with Gasteiger partial charge in [0.05, 0.1) is 0 Å². The van der Waals surface area contributed by atoms with E-state index in [0.29, 0.717) is 12.1 Å². The first-order valence-corrected chi connectivity index (χ1v) is 6.09. The van der Waals surface area contributed by atoms with Crippen LogP contribution in [0, 0.1) is 0 Å². The number of nitrogens with zero attached hydrogens (tertiary/aromatic N) is 2. The van der Waals surface area contributed by atoms with Crippen LogP contribution in [0.15, 0.2) is 0 Å². The van der Waals surface area contributed by atoms with E-state index < -0.39 is 0 Å². The Labute approximate surface area is 97.2 Å². The molecule has 2 amide bonds. The zero-order valence-corrected chi connectivity index (χ0v) is 10.2. The first kappa shape index (κ1) is 11.7. The molecule has 0 radical (unpaired) electrons. The molecular formula is C11H22N4O. The van der Waals surface area contributed by atoms with Crippen molar-refractivity contribution in [3.05, 3.63) is 0 Å². The molecule has 2 aliphatic rings. The van der Waals surface area contributed by atoms with E-state index in [2.05, 4.69) is 22.6 Å². The van der Waals surface area contributed by atoms with Gasteiger partial charge in [-0.15, -0.1) is 0 Å². The smallest absolute Gasteiger partial charge is 0.317 e. The van der Waals surface area contributed by atoms with E-state index in [1.807, 2.05) is 7.05 Å². The SMILES string of the molecule is CN(CC1CNCCN1C)C(=O)NC1CC1. The summed E-state index contributed by atoms with van der Waals surface area (Å²) >= 11 is 0. The van der Waals surface area contributed by atoms with E-state index >= 15 is 0 Å². The van der Waals surface area contributed by atoms with Crippen molar-refractivity contribution in [2.24, 2.45) is 0 Å². The zero-order chi connectivity index (χ0) is 11.5. The molecule has 2 fully saturated rings. The van der Waals surface area contributed by atoms with Crippen molar-refractivity contribution in [2.45, 2.75) is 24.9 Å². The first-order valence-electron chi connectivity index (χ1n) is 6.09. The highest BCUT2D eigenvalue weighted by molar-refractivity contribution is 5.74. The predicted octanol–water partition coefficient (Wildman–Crippen LogP) is -0.306. The van der Waals surface area contributed by atoms with E-state index in [4.69, 9.17) is 0 Å². The fraction of sp³-hybridized carbons (Fsp3) is 0.909. The molecule has 1 aliphatic heterocycles. The number of urea groups is 1. The normalized spacial score (nSPS) is 26.5. The van der Waals surface area contributed by atoms with Gasteiger partial charge in [0.1, 0.15) is 0 Å². The van der Waals surface area contributed by atoms with Gasteiger partial charge in [0.25, 0.3) is 0 Å². The standard InChI is InChI=1S/C11H22N4O/c1-14-6-5-12-7-10(14)8-15(2)11(16)13-9-3-4-9/h9-10,12H,3-8H2,1-2H3,(H,13,16). The van der Waals surface area contributed by atoms with E-state index in [0.717, 1.165) is 39.0 Å². The molecule has 5 nitrogen and oxygen atoms in total. The number of nitrogens with one attached hydrogen (secondary N) is 2. The summed E-state index contributed by atoms with van der Waals surface area (Å²) in [7, 11) is 4.00. The van der Waals surface area contributed by atoms with Crippen molar-refractivity contribution < 1.29 is 4.79 Å². The van der Waals surface area contributed by atoms with Crippen molar-refractivity contribution in [3.63, 3.8) is 0 Å². The average Bonchev–Trinajstić information content (AvgIpc) is 3.05. The molecule has 1 saturated heterocycles. The Morgan fingerprint density at radius 2 is 2.31 bits per heavy atom. The van der Waals surface area contributed by atoms with Crippen LogP contribution in [0.2, 0.25) is 0 Å². The summed E-state index contributed by atoms with van der Waals surface area (Å²) in [6.45, 7) is 3.87. The van der Waals surface area contributed by atoms with Crippen LogP contribution in [0.3, 0.4) is 0 Å². The molecular weight excluding hydrogens is 204 g/mol. The largest absolute Gasteiger partial charge is 0.335 e. The minimum Gasteiger partial charge on any atom is -0.335 e. The minimum absolute atomic E-state index is 0.0708. The van der Waals surface area contributed by atoms with Crippen molar-refractivity contribution in [2.75, 3.05) is 40.3 Å². The van der Waals surface area contributed by atoms with E-state index in [1.54, 1.807) is 4.90 Å². The molecule has 0 aromatic rings. The number of carbonyl (C=O) groups is 1. The minimum atomic E-state index is 0.0708. The summed E-state index contributed by atoms with van der Waals surface area (Å²) in [5.41, 5.74) is 0. The molecule has 1 unspecified atom stereocenters. The van der Waals surface area contributed by atoms with E-state index in [-0.39, 0.29) is 6.03 Å². The molecule has 2 rings (SSSR count). The third-order valence-electron chi connectivity index (χ3n) is 3.38. The second kappa shape index (κ2) is 5.01. The lowest BCUT2D eigenvalue weighted by molar-refractivity contribution is 0.153. The number of carbonyl (C=O) groups excluding carboxylic acids is 1. The molecule has 1 aliphatic carbocycles. The van der Waals surface area contributed by atoms with Gasteiger partial charge in [-0.05, 0) is 19.9 Å². The second-order valence-electron chi connectivity index (χ2n) is 4.94. The number of hydrogen-bond acceptors (Lipinski definition) is 3. The van der Waals surface area contributed by atoms with Crippen LogP contribution in [-0.4, -0.2) is 68.2 Å². The van der Waals surface area contributed by atoms with Gasteiger partial charge in [-0.3, -0.25) is 4.90 Å². The monoisotopic (exact) mass is 226 g/mol. The Hall–Kier alpha value is -0.810. The number of hydrogen-bond donors (Lipinski definition) is 2. The fourth-order valence-corrected chi connectivity index (χ4v) is 1.98. The highest BCUT2D eigenvalue weighted by Crippen LogP contribution is 2.18. The van der Waals surface area contributed by atoms with Gasteiger partial charge in [-0.1, -0.05) is 0 Å². The Balaban J connectivity index is 1.75. The van der Waals surface area contributed by atoms with E-state index in [1.165, 1.54) is 0 Å². The lowest BCUT2D eigenvalue weighted by atomic mass is 10.2. The Bertz CT molecular complexity index is 254. The van der Waals surface area contributed by atoms with Crippen LogP contribution in [0.5, 0.6) is 0 Å². The topological polar surface area (TPSA) is 47.6 Å². The molecule has 0 aromatic heterocycles. The number of rotatable bonds is 3. The number of amides is 2. The lowest BCUT2D eigenvalue weighted by Crippen LogP contribution is -2.55. The Kier molecular flexibility index (Phi) is 3.66. The van der Waals surface area contributed by atoms with Crippen molar-refractivity contribution >= 4 is 6.03 Å². The summed E-state index contributed by atoms with van der Waals surface area (Å²) in [6, 6.07) is 0.947. The predicted molar refractivity (Wildman–Crippen MR) is 63.5 cm³/mol. The van der Waals surface area contributed by atoms with Gasteiger partial charge in [-0.2, -0.15) is 0 Å². The molecule has 0 spiro atoms. The van der Waals surface area contributed by atoms with Crippen molar-refractivity contribution in [1.82, 2.24) is 20.4 Å². The maximum atomic E-state index is 11.7.